The predicted molar refractivity (Wildman–Crippen MR) is 61.0 cm³/mol. The van der Waals surface area contributed by atoms with Gasteiger partial charge in [0.15, 0.2) is 11.9 Å². The molecule has 1 aromatic carbocycles. The highest BCUT2D eigenvalue weighted by atomic mass is 16.5. The fourth-order valence-electron chi connectivity index (χ4n) is 1.07. The zero-order valence-electron chi connectivity index (χ0n) is 9.21. The quantitative estimate of drug-likeness (QED) is 0.194. The Kier molecular flexibility index (Phi) is 4.27. The van der Waals surface area contributed by atoms with Gasteiger partial charge >= 0.3 is 5.97 Å². The van der Waals surface area contributed by atoms with E-state index >= 15 is 0 Å². The number of methoxy groups -OCH3 is 1. The standard InChI is InChI=1S/C12H13NO3/c1-10(8-12(14)16-2)13(15)9-11-6-4-3-5-7-11/h3-9H,1-2H3/b10-8+,13-9-. The van der Waals surface area contributed by atoms with Crippen LogP contribution in [-0.2, 0) is 9.53 Å². The van der Waals surface area contributed by atoms with E-state index in [0.29, 0.717) is 4.74 Å². The summed E-state index contributed by atoms with van der Waals surface area (Å²) >= 11 is 0. The number of esters is 1. The Morgan fingerprint density at radius 1 is 1.38 bits per heavy atom. The molecule has 0 aliphatic rings. The lowest BCUT2D eigenvalue weighted by Crippen LogP contribution is -2.06. The molecule has 4 nitrogen and oxygen atoms in total. The van der Waals surface area contributed by atoms with Crippen LogP contribution in [0, 0.1) is 5.21 Å². The molecule has 0 aromatic heterocycles. The minimum atomic E-state index is -0.542. The van der Waals surface area contributed by atoms with E-state index in [-0.39, 0.29) is 5.70 Å². The van der Waals surface area contributed by atoms with Crippen molar-refractivity contribution in [2.45, 2.75) is 6.92 Å². The number of nitrogens with zero attached hydrogens (tertiary/aromatic N) is 1. The summed E-state index contributed by atoms with van der Waals surface area (Å²) in [6, 6.07) is 9.13. The maximum atomic E-state index is 11.5. The van der Waals surface area contributed by atoms with E-state index in [0.717, 1.165) is 11.6 Å². The van der Waals surface area contributed by atoms with Crippen molar-refractivity contribution in [1.29, 1.82) is 0 Å². The van der Waals surface area contributed by atoms with Crippen LogP contribution in [0.5, 0.6) is 0 Å². The highest BCUT2D eigenvalue weighted by molar-refractivity contribution is 5.82. The van der Waals surface area contributed by atoms with Crippen LogP contribution in [-0.4, -0.2) is 24.0 Å². The monoisotopic (exact) mass is 219 g/mol. The molecule has 0 amide bonds. The number of hydrogen-bond acceptors (Lipinski definition) is 3. The fourth-order valence-corrected chi connectivity index (χ4v) is 1.07. The molecule has 16 heavy (non-hydrogen) atoms. The molecule has 0 fully saturated rings. The fraction of sp³-hybridized carbons (Fsp3) is 0.167. The van der Waals surface area contributed by atoms with Crippen LogP contribution < -0.4 is 0 Å². The molecule has 0 heterocycles. The average Bonchev–Trinajstić information content (AvgIpc) is 2.30. The summed E-state index contributed by atoms with van der Waals surface area (Å²) in [7, 11) is 1.27. The molecule has 0 N–H and O–H groups in total. The molecule has 0 aliphatic carbocycles. The van der Waals surface area contributed by atoms with E-state index in [1.54, 1.807) is 19.1 Å². The first-order valence-electron chi connectivity index (χ1n) is 4.76. The first-order valence-corrected chi connectivity index (χ1v) is 4.76. The number of ether oxygens (including phenoxy) is 1. The van der Waals surface area contributed by atoms with Gasteiger partial charge in [-0.25, -0.2) is 4.79 Å². The average molecular weight is 219 g/mol. The van der Waals surface area contributed by atoms with Gasteiger partial charge in [-0.2, -0.15) is 4.74 Å². The lowest BCUT2D eigenvalue weighted by Gasteiger charge is -2.02. The van der Waals surface area contributed by atoms with Crippen molar-refractivity contribution >= 4 is 12.2 Å². The first-order chi connectivity index (χ1) is 7.63. The van der Waals surface area contributed by atoms with Gasteiger partial charge in [-0.15, -0.1) is 0 Å². The second-order valence-electron chi connectivity index (χ2n) is 3.17. The van der Waals surface area contributed by atoms with E-state index in [1.807, 2.05) is 18.2 Å². The van der Waals surface area contributed by atoms with Crippen LogP contribution >= 0.6 is 0 Å². The van der Waals surface area contributed by atoms with Crippen LogP contribution in [0.1, 0.15) is 12.5 Å². The second-order valence-corrected chi connectivity index (χ2v) is 3.17. The molecule has 0 saturated heterocycles. The lowest BCUT2D eigenvalue weighted by atomic mass is 10.2. The summed E-state index contributed by atoms with van der Waals surface area (Å²) < 4.78 is 5.06. The molecule has 0 spiro atoms. The molecule has 0 saturated carbocycles. The summed E-state index contributed by atoms with van der Waals surface area (Å²) in [6.07, 6.45) is 2.54. The number of allylic oxidation sites excluding steroid dienone is 1. The highest BCUT2D eigenvalue weighted by Crippen LogP contribution is 1.98. The molecule has 84 valence electrons. The number of carbonyl (C=O) groups is 1. The highest BCUT2D eigenvalue weighted by Gasteiger charge is 2.03. The number of rotatable bonds is 3. The van der Waals surface area contributed by atoms with Gasteiger partial charge in [0.2, 0.25) is 0 Å². The Morgan fingerprint density at radius 3 is 2.56 bits per heavy atom. The van der Waals surface area contributed by atoms with Crippen molar-refractivity contribution in [3.8, 4) is 0 Å². The molecule has 1 aromatic rings. The normalized spacial score (nSPS) is 12.4. The molecule has 4 heteroatoms. The molecule has 0 radical (unpaired) electrons. The molecule has 0 aliphatic heterocycles. The van der Waals surface area contributed by atoms with Gasteiger partial charge in [0.05, 0.1) is 13.2 Å². The Bertz CT molecular complexity index is 421. The van der Waals surface area contributed by atoms with Crippen molar-refractivity contribution in [2.24, 2.45) is 0 Å². The van der Waals surface area contributed by atoms with E-state index in [1.165, 1.54) is 13.3 Å². The first kappa shape index (κ1) is 12.0. The van der Waals surface area contributed by atoms with E-state index in [9.17, 15) is 10.0 Å². The summed E-state index contributed by atoms with van der Waals surface area (Å²) in [5.41, 5.74) is 1.05. The zero-order chi connectivity index (χ0) is 12.0. The maximum Gasteiger partial charge on any atom is 0.336 e. The van der Waals surface area contributed by atoms with E-state index < -0.39 is 5.97 Å². The summed E-state index contributed by atoms with van der Waals surface area (Å²) in [6.45, 7) is 1.54. The van der Waals surface area contributed by atoms with Crippen molar-refractivity contribution in [3.63, 3.8) is 0 Å². The molecular formula is C12H13NO3. The van der Waals surface area contributed by atoms with Crippen molar-refractivity contribution < 1.29 is 14.3 Å². The maximum absolute atomic E-state index is 11.5. The van der Waals surface area contributed by atoms with Crippen LogP contribution in [0.4, 0.5) is 0 Å². The zero-order valence-corrected chi connectivity index (χ0v) is 9.21. The minimum Gasteiger partial charge on any atom is -0.618 e. The second kappa shape index (κ2) is 5.70. The van der Waals surface area contributed by atoms with Crippen molar-refractivity contribution in [1.82, 2.24) is 0 Å². The van der Waals surface area contributed by atoms with Gasteiger partial charge in [0.1, 0.15) is 0 Å². The van der Waals surface area contributed by atoms with Gasteiger partial charge in [-0.1, -0.05) is 18.2 Å². The van der Waals surface area contributed by atoms with Crippen LogP contribution in [0.2, 0.25) is 0 Å². The van der Waals surface area contributed by atoms with E-state index in [2.05, 4.69) is 4.74 Å². The number of hydrogen-bond donors (Lipinski definition) is 0. The SMILES string of the molecule is COC(=O)/C=C(C)/[N+]([O-])=C/c1ccccc1. The van der Waals surface area contributed by atoms with Gasteiger partial charge in [-0.3, -0.25) is 0 Å². The minimum absolute atomic E-state index is 0.274. The summed E-state index contributed by atoms with van der Waals surface area (Å²) in [5, 5.41) is 11.5. The number of benzene rings is 1. The lowest BCUT2D eigenvalue weighted by molar-refractivity contribution is -0.395. The molecule has 0 unspecified atom stereocenters. The van der Waals surface area contributed by atoms with Gasteiger partial charge in [0.25, 0.3) is 0 Å². The smallest absolute Gasteiger partial charge is 0.336 e. The molecule has 1 rings (SSSR count). The Balaban J connectivity index is 2.86. The van der Waals surface area contributed by atoms with Gasteiger partial charge in [0, 0.05) is 12.5 Å². The van der Waals surface area contributed by atoms with Crippen molar-refractivity contribution in [2.75, 3.05) is 7.11 Å². The van der Waals surface area contributed by atoms with Crippen LogP contribution in [0.25, 0.3) is 0 Å². The summed E-state index contributed by atoms with van der Waals surface area (Å²) in [4.78, 5) is 10.9. The van der Waals surface area contributed by atoms with Crippen LogP contribution in [0.3, 0.4) is 0 Å². The number of carbonyl (C=O) groups excluding carboxylic acids is 1. The Labute approximate surface area is 94.1 Å². The predicted octanol–water partition coefficient (Wildman–Crippen LogP) is 1.69. The van der Waals surface area contributed by atoms with E-state index in [4.69, 9.17) is 0 Å². The van der Waals surface area contributed by atoms with Crippen LogP contribution in [0.15, 0.2) is 42.1 Å². The summed E-state index contributed by atoms with van der Waals surface area (Å²) in [5.74, 6) is -0.542. The largest absolute Gasteiger partial charge is 0.618 e. The third-order valence-corrected chi connectivity index (χ3v) is 1.94. The third-order valence-electron chi connectivity index (χ3n) is 1.94. The Morgan fingerprint density at radius 2 is 2.00 bits per heavy atom. The van der Waals surface area contributed by atoms with Gasteiger partial charge in [-0.05, 0) is 12.1 Å². The Hall–Kier alpha value is -2.10. The molecule has 0 bridgehead atoms. The number of hydroxylamine groups is 1. The third kappa shape index (κ3) is 3.57. The van der Waals surface area contributed by atoms with Gasteiger partial charge < -0.3 is 9.94 Å². The van der Waals surface area contributed by atoms with Crippen molar-refractivity contribution in [3.05, 3.63) is 52.9 Å². The topological polar surface area (TPSA) is 52.4 Å². The molecule has 0 atom stereocenters. The molecular weight excluding hydrogens is 206 g/mol.